The summed E-state index contributed by atoms with van der Waals surface area (Å²) in [5.41, 5.74) is 5.46. The Hall–Kier alpha value is -2.06. The van der Waals surface area contributed by atoms with Gasteiger partial charge in [-0.1, -0.05) is 20.3 Å². The second-order valence-corrected chi connectivity index (χ2v) is 17.3. The summed E-state index contributed by atoms with van der Waals surface area (Å²) in [6, 6.07) is 6.41. The van der Waals surface area contributed by atoms with Gasteiger partial charge in [0.2, 0.25) is 0 Å². The van der Waals surface area contributed by atoms with Crippen LogP contribution in [-0.2, 0) is 17.4 Å². The van der Waals surface area contributed by atoms with Crippen molar-refractivity contribution in [3.63, 3.8) is 0 Å². The SMILES string of the molecule is CC(C)CCCC(C)CCn1c2cc(-c3cc([N+](=O)[O-])c(C(C)(C)C)c4n[se]nc34)sc2c2sc(C(C)(C)C)cc21. The fourth-order valence-electron chi connectivity index (χ4n) is 5.73. The van der Waals surface area contributed by atoms with E-state index < -0.39 is 5.41 Å². The number of fused-ring (bicyclic) bond motifs is 4. The molecule has 41 heavy (non-hydrogen) atoms. The Labute approximate surface area is 257 Å². The molecule has 4 heterocycles. The zero-order chi connectivity index (χ0) is 29.9. The van der Waals surface area contributed by atoms with Gasteiger partial charge in [-0.05, 0) is 5.92 Å². The average Bonchev–Trinajstić information content (AvgIpc) is 3.62. The standard InChI is InChI=1S/C32H42N4O2S2Se/c1-18(2)11-10-12-19(3)13-14-35-22-16-24(39-29(22)30-23(35)17-25(40-30)31(4,5)6)20-15-21(36(37)38)26(32(7,8)9)28-27(20)33-41-34-28/h15-19H,10-14H2,1-9H3. The fraction of sp³-hybridized carbons (Fsp3) is 0.562. The number of aryl methyl sites for hydroxylation is 1. The van der Waals surface area contributed by atoms with Gasteiger partial charge in [-0.15, -0.1) is 0 Å². The van der Waals surface area contributed by atoms with Crippen molar-refractivity contribution in [2.45, 2.75) is 105 Å². The van der Waals surface area contributed by atoms with Crippen LogP contribution in [0.4, 0.5) is 5.69 Å². The Kier molecular flexibility index (Phi) is 8.32. The number of thiophene rings is 2. The topological polar surface area (TPSA) is 73.8 Å². The molecule has 1 atom stereocenters. The van der Waals surface area contributed by atoms with Crippen LogP contribution in [0, 0.1) is 22.0 Å². The first-order chi connectivity index (χ1) is 19.2. The van der Waals surface area contributed by atoms with E-state index in [1.807, 2.05) is 32.1 Å². The van der Waals surface area contributed by atoms with Crippen LogP contribution in [0.5, 0.6) is 0 Å². The average molecular weight is 658 g/mol. The van der Waals surface area contributed by atoms with Gasteiger partial charge < -0.3 is 0 Å². The molecule has 0 N–H and O–H groups in total. The minimum absolute atomic E-state index is 0.0811. The van der Waals surface area contributed by atoms with Crippen molar-refractivity contribution in [2.75, 3.05) is 0 Å². The molecular weight excluding hydrogens is 615 g/mol. The van der Waals surface area contributed by atoms with E-state index in [9.17, 15) is 10.1 Å². The summed E-state index contributed by atoms with van der Waals surface area (Å²) < 4.78 is 14.6. The monoisotopic (exact) mass is 658 g/mol. The number of hydrogen-bond donors (Lipinski definition) is 0. The van der Waals surface area contributed by atoms with E-state index in [2.05, 4.69) is 58.2 Å². The number of hydrogen-bond acceptors (Lipinski definition) is 6. The molecule has 220 valence electrons. The third kappa shape index (κ3) is 5.93. The van der Waals surface area contributed by atoms with E-state index in [0.717, 1.165) is 34.8 Å². The van der Waals surface area contributed by atoms with Gasteiger partial charge in [0.05, 0.1) is 0 Å². The van der Waals surface area contributed by atoms with Gasteiger partial charge in [-0.2, -0.15) is 0 Å². The van der Waals surface area contributed by atoms with Crippen LogP contribution >= 0.6 is 22.7 Å². The molecule has 0 saturated carbocycles. The van der Waals surface area contributed by atoms with Crippen molar-refractivity contribution in [2.24, 2.45) is 11.8 Å². The molecule has 0 amide bonds. The summed E-state index contributed by atoms with van der Waals surface area (Å²) in [7, 11) is 0. The molecule has 5 rings (SSSR count). The predicted octanol–water partition coefficient (Wildman–Crippen LogP) is 9.94. The molecular formula is C32H42N4O2S2Se. The third-order valence-corrected chi connectivity index (χ3v) is 12.0. The summed E-state index contributed by atoms with van der Waals surface area (Å²) in [6.45, 7) is 20.9. The van der Waals surface area contributed by atoms with Gasteiger partial charge in [-0.3, -0.25) is 0 Å². The number of rotatable bonds is 9. The number of nitro groups is 1. The fourth-order valence-corrected chi connectivity index (χ4v) is 9.46. The molecule has 1 aromatic carbocycles. The molecule has 4 aromatic heterocycles. The molecule has 9 heteroatoms. The van der Waals surface area contributed by atoms with Gasteiger partial charge in [0, 0.05) is 0 Å². The minimum atomic E-state index is -0.403. The zero-order valence-electron chi connectivity index (χ0n) is 25.8. The Bertz CT molecular complexity index is 1730. The van der Waals surface area contributed by atoms with Crippen LogP contribution in [0.1, 0.15) is 98.4 Å². The van der Waals surface area contributed by atoms with Crippen LogP contribution in [0.3, 0.4) is 0 Å². The van der Waals surface area contributed by atoms with Gasteiger partial charge >= 0.3 is 232 Å². The molecule has 0 aliphatic rings. The molecule has 0 aliphatic heterocycles. The number of benzene rings is 1. The number of nitro benzene ring substituents is 1. The van der Waals surface area contributed by atoms with Gasteiger partial charge in [0.1, 0.15) is 0 Å². The Balaban J connectivity index is 1.64. The number of nitrogens with zero attached hydrogens (tertiary/aromatic N) is 4. The van der Waals surface area contributed by atoms with E-state index in [4.69, 9.17) is 7.96 Å². The van der Waals surface area contributed by atoms with Crippen LogP contribution in [0.15, 0.2) is 18.2 Å². The third-order valence-electron chi connectivity index (χ3n) is 8.01. The Morgan fingerprint density at radius 2 is 1.56 bits per heavy atom. The van der Waals surface area contributed by atoms with Crippen LogP contribution in [0.2, 0.25) is 0 Å². The maximum absolute atomic E-state index is 12.3. The first kappa shape index (κ1) is 30.4. The second-order valence-electron chi connectivity index (χ2n) is 14.1. The Morgan fingerprint density at radius 3 is 2.20 bits per heavy atom. The van der Waals surface area contributed by atoms with Gasteiger partial charge in [-0.25, -0.2) is 0 Å². The Morgan fingerprint density at radius 1 is 0.902 bits per heavy atom. The van der Waals surface area contributed by atoms with Gasteiger partial charge in [0.15, 0.2) is 0 Å². The quantitative estimate of drug-likeness (QED) is 0.0899. The second kappa shape index (κ2) is 11.2. The summed E-state index contributed by atoms with van der Waals surface area (Å²) in [6.07, 6.45) is 4.98. The molecule has 0 spiro atoms. The van der Waals surface area contributed by atoms with Crippen molar-refractivity contribution >= 4 is 74.8 Å². The van der Waals surface area contributed by atoms with E-state index in [0.29, 0.717) is 17.0 Å². The van der Waals surface area contributed by atoms with Crippen molar-refractivity contribution in [1.82, 2.24) is 12.5 Å². The van der Waals surface area contributed by atoms with Crippen molar-refractivity contribution in [3.05, 3.63) is 38.8 Å². The molecule has 0 saturated heterocycles. The van der Waals surface area contributed by atoms with Gasteiger partial charge in [0.25, 0.3) is 0 Å². The maximum atomic E-state index is 12.3. The molecule has 0 fully saturated rings. The molecule has 0 aliphatic carbocycles. The number of aromatic nitrogens is 3. The summed E-state index contributed by atoms with van der Waals surface area (Å²) in [5.74, 6) is 1.42. The molecule has 0 radical (unpaired) electrons. The van der Waals surface area contributed by atoms with Crippen molar-refractivity contribution in [3.8, 4) is 10.4 Å². The van der Waals surface area contributed by atoms with E-state index >= 15 is 0 Å². The molecule has 0 bridgehead atoms. The van der Waals surface area contributed by atoms with Crippen LogP contribution in [0.25, 0.3) is 41.9 Å². The summed E-state index contributed by atoms with van der Waals surface area (Å²) in [4.78, 5) is 14.5. The summed E-state index contributed by atoms with van der Waals surface area (Å²) in [5, 5.41) is 12.3. The predicted molar refractivity (Wildman–Crippen MR) is 177 cm³/mol. The molecule has 1 unspecified atom stereocenters. The van der Waals surface area contributed by atoms with Crippen LogP contribution in [-0.4, -0.2) is 32.4 Å². The van der Waals surface area contributed by atoms with Crippen molar-refractivity contribution < 1.29 is 4.92 Å². The summed E-state index contributed by atoms with van der Waals surface area (Å²) >= 11 is 3.36. The van der Waals surface area contributed by atoms with E-state index in [-0.39, 0.29) is 31.0 Å². The first-order valence-electron chi connectivity index (χ1n) is 14.7. The van der Waals surface area contributed by atoms with E-state index in [1.165, 1.54) is 44.6 Å². The normalized spacial score (nSPS) is 13.8. The van der Waals surface area contributed by atoms with Crippen LogP contribution < -0.4 is 0 Å². The van der Waals surface area contributed by atoms with Crippen molar-refractivity contribution in [1.29, 1.82) is 0 Å². The molecule has 6 nitrogen and oxygen atoms in total. The van der Waals surface area contributed by atoms with E-state index in [1.54, 1.807) is 17.4 Å². The zero-order valence-corrected chi connectivity index (χ0v) is 29.1. The first-order valence-corrected chi connectivity index (χ1v) is 17.8. The molecule has 5 aromatic rings.